The largest absolute Gasteiger partial charge is 0.426 e. The van der Waals surface area contributed by atoms with Crippen LogP contribution in [0.4, 0.5) is 5.69 Å². The van der Waals surface area contributed by atoms with E-state index in [2.05, 4.69) is 35.1 Å². The van der Waals surface area contributed by atoms with E-state index in [1.165, 1.54) is 6.08 Å². The van der Waals surface area contributed by atoms with Gasteiger partial charge in [-0.2, -0.15) is 0 Å². The number of hydrogen-bond donors (Lipinski definition) is 1. The quantitative estimate of drug-likeness (QED) is 0.412. The molecule has 6 heteroatoms. The first-order chi connectivity index (χ1) is 14.5. The summed E-state index contributed by atoms with van der Waals surface area (Å²) in [5.74, 6) is -0.484. The van der Waals surface area contributed by atoms with Crippen molar-refractivity contribution in [1.29, 1.82) is 0 Å². The molecule has 158 valence electrons. The monoisotopic (exact) mass is 407 g/mol. The third-order valence-corrected chi connectivity index (χ3v) is 5.53. The summed E-state index contributed by atoms with van der Waals surface area (Å²) in [4.78, 5) is 31.0. The summed E-state index contributed by atoms with van der Waals surface area (Å²) in [5.41, 5.74) is 3.09. The molecule has 0 radical (unpaired) electrons. The Balaban J connectivity index is 1.62. The van der Waals surface area contributed by atoms with Gasteiger partial charge in [-0.1, -0.05) is 25.1 Å². The first kappa shape index (κ1) is 21.6. The number of hydrogen-bond acceptors (Lipinski definition) is 5. The number of aromatic nitrogens is 1. The highest BCUT2D eigenvalue weighted by molar-refractivity contribution is 5.89. The highest BCUT2D eigenvalue weighted by atomic mass is 16.5. The topological polar surface area (TPSA) is 71.5 Å². The van der Waals surface area contributed by atoms with E-state index >= 15 is 0 Å². The summed E-state index contributed by atoms with van der Waals surface area (Å²) in [5, 5.41) is 2.84. The third kappa shape index (κ3) is 5.06. The van der Waals surface area contributed by atoms with Gasteiger partial charge >= 0.3 is 5.97 Å². The molecule has 2 atom stereocenters. The number of pyridine rings is 1. The molecule has 2 heterocycles. The van der Waals surface area contributed by atoms with Gasteiger partial charge < -0.3 is 15.0 Å². The van der Waals surface area contributed by atoms with Gasteiger partial charge in [0.2, 0.25) is 5.91 Å². The fourth-order valence-corrected chi connectivity index (χ4v) is 3.72. The van der Waals surface area contributed by atoms with Crippen LogP contribution in [0.5, 0.6) is 5.75 Å². The van der Waals surface area contributed by atoms with Crippen molar-refractivity contribution in [2.75, 3.05) is 24.5 Å². The molecule has 0 fully saturated rings. The molecule has 0 saturated heterocycles. The molecule has 1 aromatic carbocycles. The molecule has 3 rings (SSSR count). The van der Waals surface area contributed by atoms with Crippen molar-refractivity contribution < 1.29 is 14.3 Å². The zero-order valence-electron chi connectivity index (χ0n) is 17.8. The average Bonchev–Trinajstić information content (AvgIpc) is 2.75. The number of esters is 1. The fourth-order valence-electron chi connectivity index (χ4n) is 3.72. The number of amides is 1. The Morgan fingerprint density at radius 3 is 2.77 bits per heavy atom. The SMILES string of the molecule is CCN(CC)c1ccc2c(c1)OC(=O)C(/C=C/C(=O)NCCc1cccnc1)C2C. The Morgan fingerprint density at radius 1 is 1.27 bits per heavy atom. The maximum absolute atomic E-state index is 12.6. The molecule has 6 nitrogen and oxygen atoms in total. The molecule has 0 spiro atoms. The van der Waals surface area contributed by atoms with Gasteiger partial charge in [0.05, 0.1) is 5.92 Å². The number of nitrogens with one attached hydrogen (secondary N) is 1. The molecular weight excluding hydrogens is 378 g/mol. The van der Waals surface area contributed by atoms with Crippen molar-refractivity contribution in [3.8, 4) is 5.75 Å². The van der Waals surface area contributed by atoms with Crippen LogP contribution in [-0.2, 0) is 16.0 Å². The summed E-state index contributed by atoms with van der Waals surface area (Å²) in [6.07, 6.45) is 7.29. The lowest BCUT2D eigenvalue weighted by atomic mass is 9.84. The molecule has 1 aromatic heterocycles. The van der Waals surface area contributed by atoms with Gasteiger partial charge in [-0.05, 0) is 49.6 Å². The lowest BCUT2D eigenvalue weighted by Gasteiger charge is -2.29. The summed E-state index contributed by atoms with van der Waals surface area (Å²) in [7, 11) is 0. The van der Waals surface area contributed by atoms with Crippen molar-refractivity contribution in [2.24, 2.45) is 5.92 Å². The first-order valence-corrected chi connectivity index (χ1v) is 10.5. The molecular formula is C24H29N3O3. The zero-order valence-corrected chi connectivity index (χ0v) is 17.8. The van der Waals surface area contributed by atoms with Crippen LogP contribution in [-0.4, -0.2) is 36.5 Å². The first-order valence-electron chi connectivity index (χ1n) is 10.5. The molecule has 0 saturated carbocycles. The molecule has 2 aromatic rings. The van der Waals surface area contributed by atoms with Crippen molar-refractivity contribution >= 4 is 17.6 Å². The van der Waals surface area contributed by atoms with Gasteiger partial charge in [0.1, 0.15) is 5.75 Å². The van der Waals surface area contributed by atoms with Crippen molar-refractivity contribution in [3.05, 3.63) is 66.0 Å². The minimum Gasteiger partial charge on any atom is -0.426 e. The van der Waals surface area contributed by atoms with Gasteiger partial charge in [0.15, 0.2) is 0 Å². The normalized spacial score (nSPS) is 18.0. The van der Waals surface area contributed by atoms with Crippen molar-refractivity contribution in [1.82, 2.24) is 10.3 Å². The highest BCUT2D eigenvalue weighted by Crippen LogP contribution is 2.40. The van der Waals surface area contributed by atoms with E-state index in [-0.39, 0.29) is 17.8 Å². The van der Waals surface area contributed by atoms with E-state index in [0.717, 1.165) is 29.9 Å². The Hall–Kier alpha value is -3.15. The number of benzene rings is 1. The van der Waals surface area contributed by atoms with Crippen LogP contribution >= 0.6 is 0 Å². The summed E-state index contributed by atoms with van der Waals surface area (Å²) in [6, 6.07) is 9.86. The second-order valence-electron chi connectivity index (χ2n) is 7.39. The lowest BCUT2D eigenvalue weighted by molar-refractivity contribution is -0.139. The highest BCUT2D eigenvalue weighted by Gasteiger charge is 2.33. The van der Waals surface area contributed by atoms with E-state index < -0.39 is 5.92 Å². The summed E-state index contributed by atoms with van der Waals surface area (Å²) < 4.78 is 5.61. The standard InChI is InChI=1S/C24H29N3O3/c1-4-27(5-2)19-8-9-20-17(3)21(24(29)30-22(20)15-19)10-11-23(28)26-14-12-18-7-6-13-25-16-18/h6-11,13,15-17,21H,4-5,12,14H2,1-3H3,(H,26,28)/b11-10+. The van der Waals surface area contributed by atoms with Crippen LogP contribution in [0.25, 0.3) is 0 Å². The van der Waals surface area contributed by atoms with Crippen LogP contribution in [0.15, 0.2) is 54.9 Å². The molecule has 1 aliphatic rings. The second kappa shape index (κ2) is 10.1. The van der Waals surface area contributed by atoms with E-state index in [4.69, 9.17) is 4.74 Å². The maximum Gasteiger partial charge on any atom is 0.318 e. The summed E-state index contributed by atoms with van der Waals surface area (Å²) in [6.45, 7) is 8.47. The van der Waals surface area contributed by atoms with Gasteiger partial charge in [-0.3, -0.25) is 14.6 Å². The van der Waals surface area contributed by atoms with E-state index in [1.807, 2.05) is 31.2 Å². The minimum absolute atomic E-state index is 0.0635. The molecule has 1 amide bonds. The second-order valence-corrected chi connectivity index (χ2v) is 7.39. The number of fused-ring (bicyclic) bond motifs is 1. The Kier molecular flexibility index (Phi) is 7.22. The van der Waals surface area contributed by atoms with Gasteiger partial charge in [0.25, 0.3) is 0 Å². The Bertz CT molecular complexity index is 907. The number of rotatable bonds is 8. The van der Waals surface area contributed by atoms with Crippen LogP contribution in [0.1, 0.15) is 37.8 Å². The van der Waals surface area contributed by atoms with Crippen molar-refractivity contribution in [3.63, 3.8) is 0 Å². The van der Waals surface area contributed by atoms with Crippen molar-refractivity contribution in [2.45, 2.75) is 33.1 Å². The van der Waals surface area contributed by atoms with Crippen LogP contribution < -0.4 is 15.0 Å². The van der Waals surface area contributed by atoms with Gasteiger partial charge in [-0.15, -0.1) is 0 Å². The minimum atomic E-state index is -0.485. The number of carbonyl (C=O) groups is 2. The molecule has 0 aliphatic carbocycles. The number of anilines is 1. The van der Waals surface area contributed by atoms with E-state index in [1.54, 1.807) is 18.5 Å². The predicted octanol–water partition coefficient (Wildman–Crippen LogP) is 3.48. The predicted molar refractivity (Wildman–Crippen MR) is 118 cm³/mol. The number of nitrogens with zero attached hydrogens (tertiary/aromatic N) is 2. The lowest BCUT2D eigenvalue weighted by Crippen LogP contribution is -2.30. The number of ether oxygens (including phenoxy) is 1. The van der Waals surface area contributed by atoms with Crippen LogP contribution in [0.3, 0.4) is 0 Å². The number of carbonyl (C=O) groups excluding carboxylic acids is 2. The molecule has 2 unspecified atom stereocenters. The van der Waals surface area contributed by atoms with Crippen LogP contribution in [0.2, 0.25) is 0 Å². The van der Waals surface area contributed by atoms with E-state index in [9.17, 15) is 9.59 Å². The molecule has 1 N–H and O–H groups in total. The maximum atomic E-state index is 12.6. The molecule has 1 aliphatic heterocycles. The summed E-state index contributed by atoms with van der Waals surface area (Å²) >= 11 is 0. The fraction of sp³-hybridized carbons (Fsp3) is 0.375. The van der Waals surface area contributed by atoms with Gasteiger partial charge in [0, 0.05) is 49.7 Å². The Labute approximate surface area is 178 Å². The third-order valence-electron chi connectivity index (χ3n) is 5.53. The smallest absolute Gasteiger partial charge is 0.318 e. The zero-order chi connectivity index (χ0) is 21.5. The Morgan fingerprint density at radius 2 is 2.07 bits per heavy atom. The van der Waals surface area contributed by atoms with E-state index in [0.29, 0.717) is 18.7 Å². The molecule has 0 bridgehead atoms. The van der Waals surface area contributed by atoms with Gasteiger partial charge in [-0.25, -0.2) is 0 Å². The molecule has 30 heavy (non-hydrogen) atoms. The average molecular weight is 408 g/mol. The van der Waals surface area contributed by atoms with Crippen LogP contribution in [0, 0.1) is 5.92 Å².